The van der Waals surface area contributed by atoms with E-state index in [4.69, 9.17) is 11.6 Å². The lowest BCUT2D eigenvalue weighted by Crippen LogP contribution is -2.18. The number of para-hydroxylation sites is 1. The zero-order chi connectivity index (χ0) is 17.6. The second-order valence-corrected chi connectivity index (χ2v) is 5.64. The molecule has 0 aliphatic rings. The molecule has 2 aromatic carbocycles. The van der Waals surface area contributed by atoms with Crippen molar-refractivity contribution in [2.75, 3.05) is 10.6 Å². The van der Waals surface area contributed by atoms with Crippen LogP contribution >= 0.6 is 11.6 Å². The number of carbonyl (C=O) groups is 2. The molecule has 6 heteroatoms. The topological polar surface area (TPSA) is 71.1 Å². The number of nitrogens with zero attached hydrogens (tertiary/aromatic N) is 1. The molecular formula is C19H14ClN3O2. The van der Waals surface area contributed by atoms with Gasteiger partial charge in [0.15, 0.2) is 0 Å². The summed E-state index contributed by atoms with van der Waals surface area (Å²) >= 11 is 5.93. The number of halogens is 1. The second-order valence-electron chi connectivity index (χ2n) is 5.21. The van der Waals surface area contributed by atoms with Crippen molar-refractivity contribution >= 4 is 34.8 Å². The van der Waals surface area contributed by atoms with Gasteiger partial charge in [0.2, 0.25) is 0 Å². The van der Waals surface area contributed by atoms with E-state index < -0.39 is 0 Å². The van der Waals surface area contributed by atoms with Crippen LogP contribution in [0.3, 0.4) is 0 Å². The molecular weight excluding hydrogens is 338 g/mol. The van der Waals surface area contributed by atoms with Crippen molar-refractivity contribution < 1.29 is 9.59 Å². The smallest absolute Gasteiger partial charge is 0.257 e. The average molecular weight is 352 g/mol. The Morgan fingerprint density at radius 3 is 2.48 bits per heavy atom. The number of nitrogens with one attached hydrogen (secondary N) is 2. The quantitative estimate of drug-likeness (QED) is 0.738. The molecule has 3 rings (SSSR count). The van der Waals surface area contributed by atoms with E-state index in [1.165, 1.54) is 6.20 Å². The number of carbonyl (C=O) groups excluding carboxylic acids is 2. The highest BCUT2D eigenvalue weighted by molar-refractivity contribution is 6.31. The van der Waals surface area contributed by atoms with Gasteiger partial charge in [-0.25, -0.2) is 0 Å². The van der Waals surface area contributed by atoms with Gasteiger partial charge in [0.05, 0.1) is 16.8 Å². The van der Waals surface area contributed by atoms with Gasteiger partial charge in [-0.2, -0.15) is 0 Å². The molecule has 1 aromatic heterocycles. The minimum atomic E-state index is -0.343. The van der Waals surface area contributed by atoms with Crippen molar-refractivity contribution in [2.24, 2.45) is 0 Å². The minimum Gasteiger partial charge on any atom is -0.322 e. The Morgan fingerprint density at radius 2 is 1.72 bits per heavy atom. The Bertz CT molecular complexity index is 913. The van der Waals surface area contributed by atoms with E-state index in [0.29, 0.717) is 27.5 Å². The molecule has 0 unspecified atom stereocenters. The van der Waals surface area contributed by atoms with Crippen LogP contribution in [0.15, 0.2) is 73.1 Å². The Hall–Kier alpha value is -3.18. The minimum absolute atomic E-state index is 0.337. The molecule has 0 atom stereocenters. The molecule has 1 heterocycles. The summed E-state index contributed by atoms with van der Waals surface area (Å²) in [6, 6.07) is 17.0. The number of hydrogen-bond acceptors (Lipinski definition) is 3. The highest BCUT2D eigenvalue weighted by atomic mass is 35.5. The monoisotopic (exact) mass is 351 g/mol. The normalized spacial score (nSPS) is 10.1. The number of rotatable bonds is 4. The third kappa shape index (κ3) is 4.22. The lowest BCUT2D eigenvalue weighted by atomic mass is 10.1. The van der Waals surface area contributed by atoms with Crippen LogP contribution in [0.5, 0.6) is 0 Å². The number of benzene rings is 2. The lowest BCUT2D eigenvalue weighted by molar-refractivity contribution is 0.102. The van der Waals surface area contributed by atoms with E-state index in [9.17, 15) is 9.59 Å². The number of anilines is 2. The van der Waals surface area contributed by atoms with Crippen LogP contribution in [0.4, 0.5) is 11.4 Å². The highest BCUT2D eigenvalue weighted by Crippen LogP contribution is 2.20. The molecule has 0 radical (unpaired) electrons. The average Bonchev–Trinajstić information content (AvgIpc) is 2.63. The summed E-state index contributed by atoms with van der Waals surface area (Å²) in [4.78, 5) is 28.8. The maximum Gasteiger partial charge on any atom is 0.257 e. The SMILES string of the molecule is O=C(Nc1ccccc1C(=O)Nc1cccc(Cl)c1)c1cccnc1. The van der Waals surface area contributed by atoms with Gasteiger partial charge in [0.1, 0.15) is 0 Å². The molecule has 0 bridgehead atoms. The summed E-state index contributed by atoms with van der Waals surface area (Å²) in [6.45, 7) is 0. The molecule has 0 spiro atoms. The van der Waals surface area contributed by atoms with Crippen LogP contribution in [-0.2, 0) is 0 Å². The fraction of sp³-hybridized carbons (Fsp3) is 0. The summed E-state index contributed by atoms with van der Waals surface area (Å²) in [7, 11) is 0. The van der Waals surface area contributed by atoms with Crippen molar-refractivity contribution in [1.82, 2.24) is 4.98 Å². The largest absolute Gasteiger partial charge is 0.322 e. The fourth-order valence-corrected chi connectivity index (χ4v) is 2.44. The molecule has 0 aliphatic heterocycles. The van der Waals surface area contributed by atoms with E-state index in [1.54, 1.807) is 66.9 Å². The summed E-state index contributed by atoms with van der Waals surface area (Å²) in [5, 5.41) is 6.03. The van der Waals surface area contributed by atoms with E-state index in [0.717, 1.165) is 0 Å². The van der Waals surface area contributed by atoms with E-state index in [1.807, 2.05) is 0 Å². The molecule has 124 valence electrons. The van der Waals surface area contributed by atoms with E-state index in [-0.39, 0.29) is 11.8 Å². The molecule has 25 heavy (non-hydrogen) atoms. The van der Waals surface area contributed by atoms with Gasteiger partial charge in [0.25, 0.3) is 11.8 Å². The molecule has 0 aliphatic carbocycles. The molecule has 0 fully saturated rings. The Morgan fingerprint density at radius 1 is 0.880 bits per heavy atom. The van der Waals surface area contributed by atoms with Gasteiger partial charge in [-0.1, -0.05) is 29.8 Å². The molecule has 5 nitrogen and oxygen atoms in total. The first kappa shape index (κ1) is 16.7. The van der Waals surface area contributed by atoms with Crippen molar-refractivity contribution in [1.29, 1.82) is 0 Å². The van der Waals surface area contributed by atoms with Crippen molar-refractivity contribution in [2.45, 2.75) is 0 Å². The third-order valence-corrected chi connectivity index (χ3v) is 3.66. The Kier molecular flexibility index (Phi) is 5.06. The summed E-state index contributed by atoms with van der Waals surface area (Å²) in [5.74, 6) is -0.680. The fourth-order valence-electron chi connectivity index (χ4n) is 2.25. The van der Waals surface area contributed by atoms with Crippen LogP contribution in [-0.4, -0.2) is 16.8 Å². The van der Waals surface area contributed by atoms with Crippen molar-refractivity contribution in [3.05, 3.63) is 89.2 Å². The molecule has 2 N–H and O–H groups in total. The van der Waals surface area contributed by atoms with E-state index in [2.05, 4.69) is 15.6 Å². The summed E-state index contributed by atoms with van der Waals surface area (Å²) in [5.41, 5.74) is 1.74. The predicted octanol–water partition coefficient (Wildman–Crippen LogP) is 4.24. The van der Waals surface area contributed by atoms with Crippen LogP contribution in [0.2, 0.25) is 5.02 Å². The van der Waals surface area contributed by atoms with Crippen LogP contribution in [0, 0.1) is 0 Å². The second kappa shape index (κ2) is 7.59. The number of pyridine rings is 1. The van der Waals surface area contributed by atoms with Crippen LogP contribution < -0.4 is 10.6 Å². The molecule has 2 amide bonds. The molecule has 0 saturated carbocycles. The van der Waals surface area contributed by atoms with Gasteiger partial charge >= 0.3 is 0 Å². The Labute approximate surface area is 149 Å². The first-order valence-electron chi connectivity index (χ1n) is 7.51. The molecule has 0 saturated heterocycles. The van der Waals surface area contributed by atoms with Crippen LogP contribution in [0.25, 0.3) is 0 Å². The number of amides is 2. The van der Waals surface area contributed by atoms with Crippen LogP contribution in [0.1, 0.15) is 20.7 Å². The third-order valence-electron chi connectivity index (χ3n) is 3.43. The van der Waals surface area contributed by atoms with Gasteiger partial charge in [0, 0.05) is 23.1 Å². The number of aromatic nitrogens is 1. The molecule has 3 aromatic rings. The van der Waals surface area contributed by atoms with Gasteiger partial charge in [-0.15, -0.1) is 0 Å². The first-order chi connectivity index (χ1) is 12.1. The predicted molar refractivity (Wildman–Crippen MR) is 98.0 cm³/mol. The van der Waals surface area contributed by atoms with Crippen molar-refractivity contribution in [3.63, 3.8) is 0 Å². The van der Waals surface area contributed by atoms with E-state index >= 15 is 0 Å². The summed E-state index contributed by atoms with van der Waals surface area (Å²) < 4.78 is 0. The van der Waals surface area contributed by atoms with Crippen molar-refractivity contribution in [3.8, 4) is 0 Å². The lowest BCUT2D eigenvalue weighted by Gasteiger charge is -2.11. The van der Waals surface area contributed by atoms with Gasteiger partial charge < -0.3 is 10.6 Å². The van der Waals surface area contributed by atoms with Gasteiger partial charge in [-0.3, -0.25) is 14.6 Å². The first-order valence-corrected chi connectivity index (χ1v) is 7.88. The number of hydrogen-bond donors (Lipinski definition) is 2. The zero-order valence-corrected chi connectivity index (χ0v) is 13.8. The maximum atomic E-state index is 12.5. The zero-order valence-electron chi connectivity index (χ0n) is 13.1. The maximum absolute atomic E-state index is 12.5. The van der Waals surface area contributed by atoms with Gasteiger partial charge in [-0.05, 0) is 42.5 Å². The summed E-state index contributed by atoms with van der Waals surface area (Å²) in [6.07, 6.45) is 3.05. The Balaban J connectivity index is 1.81. The highest BCUT2D eigenvalue weighted by Gasteiger charge is 2.14. The standard InChI is InChI=1S/C19H14ClN3O2/c20-14-6-3-7-15(11-14)22-19(25)16-8-1-2-9-17(16)23-18(24)13-5-4-10-21-12-13/h1-12H,(H,22,25)(H,23,24).